The van der Waals surface area contributed by atoms with E-state index in [-0.39, 0.29) is 0 Å². The van der Waals surface area contributed by atoms with Crippen LogP contribution in [0.15, 0.2) is 0 Å². The van der Waals surface area contributed by atoms with Gasteiger partial charge in [0, 0.05) is 37.8 Å². The van der Waals surface area contributed by atoms with E-state index in [0.29, 0.717) is 23.4 Å². The van der Waals surface area contributed by atoms with Crippen LogP contribution < -0.4 is 5.73 Å². The van der Waals surface area contributed by atoms with E-state index in [2.05, 4.69) is 30.6 Å². The van der Waals surface area contributed by atoms with Gasteiger partial charge in [-0.15, -0.1) is 0 Å². The third-order valence-electron chi connectivity index (χ3n) is 6.36. The van der Waals surface area contributed by atoms with Gasteiger partial charge >= 0.3 is 0 Å². The summed E-state index contributed by atoms with van der Waals surface area (Å²) in [7, 11) is 0. The van der Waals surface area contributed by atoms with E-state index in [4.69, 9.17) is 5.73 Å². The van der Waals surface area contributed by atoms with E-state index in [1.807, 2.05) is 0 Å². The summed E-state index contributed by atoms with van der Waals surface area (Å²) < 4.78 is 0. The van der Waals surface area contributed by atoms with Crippen LogP contribution in [-0.4, -0.2) is 54.1 Å². The van der Waals surface area contributed by atoms with Gasteiger partial charge in [-0.05, 0) is 50.5 Å². The van der Waals surface area contributed by atoms with Crippen LogP contribution in [0.4, 0.5) is 0 Å². The molecule has 1 aliphatic carbocycles. The Bertz CT molecular complexity index is 341. The Morgan fingerprint density at radius 2 is 1.95 bits per heavy atom. The third kappa shape index (κ3) is 2.77. The summed E-state index contributed by atoms with van der Waals surface area (Å²) in [4.78, 5) is 5.49. The predicted molar refractivity (Wildman–Crippen MR) is 84.7 cm³/mol. The maximum atomic E-state index is 6.51. The highest BCUT2D eigenvalue weighted by Gasteiger charge is 2.41. The number of rotatable bonds is 2. The summed E-state index contributed by atoms with van der Waals surface area (Å²) in [6, 6.07) is 1.92. The Kier molecular flexibility index (Phi) is 4.13. The Morgan fingerprint density at radius 3 is 2.65 bits per heavy atom. The van der Waals surface area contributed by atoms with Crippen LogP contribution in [0.1, 0.15) is 52.9 Å². The minimum atomic E-state index is 0.348. The lowest BCUT2D eigenvalue weighted by Gasteiger charge is -2.48. The summed E-state index contributed by atoms with van der Waals surface area (Å²) in [5.41, 5.74) is 6.86. The van der Waals surface area contributed by atoms with Crippen LogP contribution in [-0.2, 0) is 0 Å². The van der Waals surface area contributed by atoms with Gasteiger partial charge < -0.3 is 5.73 Å². The number of hydrogen-bond acceptors (Lipinski definition) is 3. The number of nitrogens with two attached hydrogens (primary N) is 1. The highest BCUT2D eigenvalue weighted by Crippen LogP contribution is 2.40. The molecule has 2 N–H and O–H groups in total. The molecular formula is C17H33N3. The normalized spacial score (nSPS) is 42.6. The zero-order valence-electron chi connectivity index (χ0n) is 13.6. The van der Waals surface area contributed by atoms with Gasteiger partial charge in [0.05, 0.1) is 0 Å². The number of piperazine rings is 1. The van der Waals surface area contributed by atoms with E-state index in [0.717, 1.165) is 6.04 Å². The molecule has 0 aromatic carbocycles. The van der Waals surface area contributed by atoms with Gasteiger partial charge in [0.15, 0.2) is 0 Å². The van der Waals surface area contributed by atoms with Crippen molar-refractivity contribution < 1.29 is 0 Å². The van der Waals surface area contributed by atoms with Crippen molar-refractivity contribution in [2.45, 2.75) is 71.0 Å². The first-order valence-corrected chi connectivity index (χ1v) is 8.71. The lowest BCUT2D eigenvalue weighted by atomic mass is 9.85. The molecule has 3 heteroatoms. The van der Waals surface area contributed by atoms with E-state index in [1.165, 1.54) is 58.3 Å². The first kappa shape index (κ1) is 14.8. The highest BCUT2D eigenvalue weighted by atomic mass is 15.3. The lowest BCUT2D eigenvalue weighted by Crippen LogP contribution is -2.60. The summed E-state index contributed by atoms with van der Waals surface area (Å²) >= 11 is 0. The SMILES string of the molecule is CC1CN2CCCCC2CN1CC1CCC(C)(C)C1N. The molecular weight excluding hydrogens is 246 g/mol. The van der Waals surface area contributed by atoms with Gasteiger partial charge in [0.1, 0.15) is 0 Å². The summed E-state index contributed by atoms with van der Waals surface area (Å²) in [6.07, 6.45) is 6.87. The minimum Gasteiger partial charge on any atom is -0.327 e. The molecule has 0 bridgehead atoms. The Balaban J connectivity index is 1.60. The van der Waals surface area contributed by atoms with Gasteiger partial charge in [-0.1, -0.05) is 20.3 Å². The van der Waals surface area contributed by atoms with E-state index in [9.17, 15) is 0 Å². The van der Waals surface area contributed by atoms with Crippen molar-refractivity contribution in [3.63, 3.8) is 0 Å². The van der Waals surface area contributed by atoms with Crippen molar-refractivity contribution in [2.24, 2.45) is 17.1 Å². The van der Waals surface area contributed by atoms with E-state index < -0.39 is 0 Å². The van der Waals surface area contributed by atoms with Crippen molar-refractivity contribution in [1.82, 2.24) is 9.80 Å². The van der Waals surface area contributed by atoms with Crippen LogP contribution >= 0.6 is 0 Å². The molecule has 3 nitrogen and oxygen atoms in total. The molecule has 0 aromatic heterocycles. The smallest absolute Gasteiger partial charge is 0.0223 e. The highest BCUT2D eigenvalue weighted by molar-refractivity contribution is 4.97. The van der Waals surface area contributed by atoms with Gasteiger partial charge in [-0.3, -0.25) is 9.80 Å². The molecule has 116 valence electrons. The molecule has 20 heavy (non-hydrogen) atoms. The zero-order valence-corrected chi connectivity index (χ0v) is 13.6. The summed E-state index contributed by atoms with van der Waals surface area (Å²) in [5, 5.41) is 0. The van der Waals surface area contributed by atoms with Crippen molar-refractivity contribution >= 4 is 0 Å². The summed E-state index contributed by atoms with van der Waals surface area (Å²) in [5.74, 6) is 0.711. The molecule has 1 saturated carbocycles. The molecule has 2 heterocycles. The second-order valence-electron chi connectivity index (χ2n) is 8.26. The molecule has 4 unspecified atom stereocenters. The fourth-order valence-electron chi connectivity index (χ4n) is 4.71. The average Bonchev–Trinajstić information content (AvgIpc) is 2.67. The number of hydrogen-bond donors (Lipinski definition) is 1. The van der Waals surface area contributed by atoms with Gasteiger partial charge in [0.2, 0.25) is 0 Å². The van der Waals surface area contributed by atoms with Gasteiger partial charge in [-0.25, -0.2) is 0 Å². The average molecular weight is 279 g/mol. The van der Waals surface area contributed by atoms with Gasteiger partial charge in [-0.2, -0.15) is 0 Å². The van der Waals surface area contributed by atoms with Crippen molar-refractivity contribution in [3.05, 3.63) is 0 Å². The molecule has 2 saturated heterocycles. The zero-order chi connectivity index (χ0) is 14.3. The summed E-state index contributed by atoms with van der Waals surface area (Å²) in [6.45, 7) is 12.2. The Labute approximate surface area is 124 Å². The fourth-order valence-corrected chi connectivity index (χ4v) is 4.71. The van der Waals surface area contributed by atoms with Crippen LogP contribution in [0, 0.1) is 11.3 Å². The van der Waals surface area contributed by atoms with Crippen molar-refractivity contribution in [2.75, 3.05) is 26.2 Å². The standard InChI is InChI=1S/C17H33N3/c1-13-10-19-9-5-4-6-15(19)12-20(13)11-14-7-8-17(2,3)16(14)18/h13-16H,4-12,18H2,1-3H3. The number of piperidine rings is 1. The van der Waals surface area contributed by atoms with Crippen LogP contribution in [0.3, 0.4) is 0 Å². The maximum absolute atomic E-state index is 6.51. The Hall–Kier alpha value is -0.120. The monoisotopic (exact) mass is 279 g/mol. The topological polar surface area (TPSA) is 32.5 Å². The molecule has 2 aliphatic heterocycles. The molecule has 3 fully saturated rings. The molecule has 0 spiro atoms. The van der Waals surface area contributed by atoms with Crippen LogP contribution in [0.25, 0.3) is 0 Å². The number of fused-ring (bicyclic) bond motifs is 1. The molecule has 0 radical (unpaired) electrons. The second kappa shape index (κ2) is 5.58. The maximum Gasteiger partial charge on any atom is 0.0223 e. The Morgan fingerprint density at radius 1 is 1.15 bits per heavy atom. The molecule has 0 aromatic rings. The molecule has 0 amide bonds. The minimum absolute atomic E-state index is 0.348. The van der Waals surface area contributed by atoms with Crippen molar-refractivity contribution in [1.29, 1.82) is 0 Å². The van der Waals surface area contributed by atoms with Crippen LogP contribution in [0.2, 0.25) is 0 Å². The van der Waals surface area contributed by atoms with E-state index >= 15 is 0 Å². The lowest BCUT2D eigenvalue weighted by molar-refractivity contribution is 0.00610. The third-order valence-corrected chi connectivity index (χ3v) is 6.36. The quantitative estimate of drug-likeness (QED) is 0.842. The fraction of sp³-hybridized carbons (Fsp3) is 1.00. The van der Waals surface area contributed by atoms with E-state index in [1.54, 1.807) is 0 Å². The second-order valence-corrected chi connectivity index (χ2v) is 8.26. The van der Waals surface area contributed by atoms with Crippen LogP contribution in [0.5, 0.6) is 0 Å². The van der Waals surface area contributed by atoms with Crippen molar-refractivity contribution in [3.8, 4) is 0 Å². The first-order chi connectivity index (χ1) is 9.47. The molecule has 3 rings (SSSR count). The predicted octanol–water partition coefficient (Wildman–Crippen LogP) is 2.31. The largest absolute Gasteiger partial charge is 0.327 e. The first-order valence-electron chi connectivity index (χ1n) is 8.71. The molecule has 3 aliphatic rings. The number of nitrogens with zero attached hydrogens (tertiary/aromatic N) is 2. The molecule has 4 atom stereocenters. The van der Waals surface area contributed by atoms with Gasteiger partial charge in [0.25, 0.3) is 0 Å².